The molecule has 2 N–H and O–H groups in total. The first-order valence-corrected chi connectivity index (χ1v) is 5.91. The molecule has 4 heteroatoms. The summed E-state index contributed by atoms with van der Waals surface area (Å²) in [5, 5.41) is 0.634. The lowest BCUT2D eigenvalue weighted by Crippen LogP contribution is -2.26. The minimum Gasteiger partial charge on any atom is -0.488 e. The minimum absolute atomic E-state index is 0.193. The first-order chi connectivity index (χ1) is 7.81. The number of ether oxygens (including phenoxy) is 2. The second kappa shape index (κ2) is 5.53. The summed E-state index contributed by atoms with van der Waals surface area (Å²) in [6.45, 7) is 1.96. The Labute approximate surface area is 100 Å². The van der Waals surface area contributed by atoms with Gasteiger partial charge in [-0.25, -0.2) is 0 Å². The van der Waals surface area contributed by atoms with Crippen molar-refractivity contribution in [1.29, 1.82) is 0 Å². The van der Waals surface area contributed by atoms with Crippen molar-refractivity contribution in [2.45, 2.75) is 25.5 Å². The molecule has 0 radical (unpaired) electrons. The van der Waals surface area contributed by atoms with E-state index >= 15 is 0 Å². The van der Waals surface area contributed by atoms with Crippen LogP contribution in [0, 0.1) is 0 Å². The highest BCUT2D eigenvalue weighted by Gasteiger charge is 2.18. The van der Waals surface area contributed by atoms with E-state index in [4.69, 9.17) is 26.8 Å². The molecule has 1 saturated heterocycles. The lowest BCUT2D eigenvalue weighted by Gasteiger charge is -2.25. The van der Waals surface area contributed by atoms with Crippen LogP contribution in [-0.2, 0) is 11.3 Å². The van der Waals surface area contributed by atoms with Crippen LogP contribution in [-0.4, -0.2) is 19.3 Å². The fourth-order valence-electron chi connectivity index (χ4n) is 1.81. The number of halogens is 1. The Morgan fingerprint density at radius 2 is 2.12 bits per heavy atom. The molecule has 3 nitrogen and oxygen atoms in total. The lowest BCUT2D eigenvalue weighted by atomic mass is 10.1. The molecule has 1 aromatic carbocycles. The van der Waals surface area contributed by atoms with Gasteiger partial charge in [-0.1, -0.05) is 23.7 Å². The quantitative estimate of drug-likeness (QED) is 0.884. The van der Waals surface area contributed by atoms with Crippen LogP contribution in [0.1, 0.15) is 18.4 Å². The Kier molecular flexibility index (Phi) is 4.04. The Morgan fingerprint density at radius 3 is 2.81 bits per heavy atom. The standard InChI is InChI=1S/C12H16ClNO2/c13-11-3-1-2-9(8-14)12(11)16-10-4-6-15-7-5-10/h1-3,10H,4-8,14H2. The molecule has 0 saturated carbocycles. The van der Waals surface area contributed by atoms with E-state index in [9.17, 15) is 0 Å². The molecule has 1 aromatic rings. The molecule has 0 amide bonds. The van der Waals surface area contributed by atoms with Crippen molar-refractivity contribution in [3.8, 4) is 5.75 Å². The highest BCUT2D eigenvalue weighted by atomic mass is 35.5. The van der Waals surface area contributed by atoms with E-state index in [1.54, 1.807) is 0 Å². The minimum atomic E-state index is 0.193. The maximum atomic E-state index is 6.12. The monoisotopic (exact) mass is 241 g/mol. The highest BCUT2D eigenvalue weighted by molar-refractivity contribution is 6.32. The fraction of sp³-hybridized carbons (Fsp3) is 0.500. The van der Waals surface area contributed by atoms with Crippen LogP contribution in [0.3, 0.4) is 0 Å². The SMILES string of the molecule is NCc1cccc(Cl)c1OC1CCOCC1. The van der Waals surface area contributed by atoms with E-state index in [1.807, 2.05) is 18.2 Å². The van der Waals surface area contributed by atoms with E-state index in [0.29, 0.717) is 11.6 Å². The van der Waals surface area contributed by atoms with E-state index in [2.05, 4.69) is 0 Å². The molecule has 0 aromatic heterocycles. The van der Waals surface area contributed by atoms with Crippen molar-refractivity contribution in [1.82, 2.24) is 0 Å². The summed E-state index contributed by atoms with van der Waals surface area (Å²) in [6.07, 6.45) is 2.02. The van der Waals surface area contributed by atoms with E-state index in [0.717, 1.165) is 37.4 Å². The Hall–Kier alpha value is -0.770. The molecule has 0 unspecified atom stereocenters. The van der Waals surface area contributed by atoms with Gasteiger partial charge in [0.1, 0.15) is 11.9 Å². The molecule has 1 fully saturated rings. The van der Waals surface area contributed by atoms with Crippen molar-refractivity contribution in [2.75, 3.05) is 13.2 Å². The largest absolute Gasteiger partial charge is 0.488 e. The van der Waals surface area contributed by atoms with Crippen LogP contribution in [0.5, 0.6) is 5.75 Å². The average molecular weight is 242 g/mol. The third-order valence-electron chi connectivity index (χ3n) is 2.72. The van der Waals surface area contributed by atoms with Crippen LogP contribution in [0.4, 0.5) is 0 Å². The molecular weight excluding hydrogens is 226 g/mol. The highest BCUT2D eigenvalue weighted by Crippen LogP contribution is 2.30. The summed E-state index contributed by atoms with van der Waals surface area (Å²) >= 11 is 6.12. The Morgan fingerprint density at radius 1 is 1.38 bits per heavy atom. The van der Waals surface area contributed by atoms with Crippen molar-refractivity contribution >= 4 is 11.6 Å². The molecule has 1 aliphatic rings. The molecular formula is C12H16ClNO2. The topological polar surface area (TPSA) is 44.5 Å². The third kappa shape index (κ3) is 2.67. The van der Waals surface area contributed by atoms with Gasteiger partial charge in [0.05, 0.1) is 18.2 Å². The van der Waals surface area contributed by atoms with Crippen molar-refractivity contribution in [3.63, 3.8) is 0 Å². The zero-order valence-corrected chi connectivity index (χ0v) is 9.87. The molecule has 1 heterocycles. The normalized spacial score (nSPS) is 17.4. The van der Waals surface area contributed by atoms with Gasteiger partial charge < -0.3 is 15.2 Å². The van der Waals surface area contributed by atoms with Crippen LogP contribution in [0.15, 0.2) is 18.2 Å². The summed E-state index contributed by atoms with van der Waals surface area (Å²) in [5.74, 6) is 0.735. The maximum Gasteiger partial charge on any atom is 0.142 e. The summed E-state index contributed by atoms with van der Waals surface area (Å²) < 4.78 is 11.2. The summed E-state index contributed by atoms with van der Waals surface area (Å²) in [7, 11) is 0. The maximum absolute atomic E-state index is 6.12. The first-order valence-electron chi connectivity index (χ1n) is 5.53. The lowest BCUT2D eigenvalue weighted by molar-refractivity contribution is 0.0252. The van der Waals surface area contributed by atoms with Gasteiger partial charge in [0.15, 0.2) is 0 Å². The number of rotatable bonds is 3. The van der Waals surface area contributed by atoms with Gasteiger partial charge >= 0.3 is 0 Å². The van der Waals surface area contributed by atoms with Gasteiger partial charge in [0.25, 0.3) is 0 Å². The van der Waals surface area contributed by atoms with Crippen LogP contribution >= 0.6 is 11.6 Å². The van der Waals surface area contributed by atoms with Gasteiger partial charge in [0, 0.05) is 24.9 Å². The number of hydrogen-bond acceptors (Lipinski definition) is 3. The molecule has 0 aliphatic carbocycles. The summed E-state index contributed by atoms with van der Waals surface area (Å²) in [4.78, 5) is 0. The van der Waals surface area contributed by atoms with Crippen LogP contribution < -0.4 is 10.5 Å². The van der Waals surface area contributed by atoms with E-state index < -0.39 is 0 Å². The van der Waals surface area contributed by atoms with Gasteiger partial charge in [-0.05, 0) is 6.07 Å². The predicted molar refractivity (Wildman–Crippen MR) is 63.8 cm³/mol. The van der Waals surface area contributed by atoms with Gasteiger partial charge in [0.2, 0.25) is 0 Å². The second-order valence-electron chi connectivity index (χ2n) is 3.86. The van der Waals surface area contributed by atoms with E-state index in [1.165, 1.54) is 0 Å². The van der Waals surface area contributed by atoms with E-state index in [-0.39, 0.29) is 6.10 Å². The smallest absolute Gasteiger partial charge is 0.142 e. The number of benzene rings is 1. The molecule has 88 valence electrons. The Bertz CT molecular complexity index is 351. The molecule has 0 spiro atoms. The predicted octanol–water partition coefficient (Wildman–Crippen LogP) is 2.36. The van der Waals surface area contributed by atoms with Crippen molar-refractivity contribution in [3.05, 3.63) is 28.8 Å². The fourth-order valence-corrected chi connectivity index (χ4v) is 2.05. The Balaban J connectivity index is 2.12. The first kappa shape index (κ1) is 11.7. The van der Waals surface area contributed by atoms with Crippen molar-refractivity contribution < 1.29 is 9.47 Å². The number of para-hydroxylation sites is 1. The van der Waals surface area contributed by atoms with Crippen molar-refractivity contribution in [2.24, 2.45) is 5.73 Å². The van der Waals surface area contributed by atoms with Crippen LogP contribution in [0.25, 0.3) is 0 Å². The summed E-state index contributed by atoms with van der Waals surface area (Å²) in [6, 6.07) is 5.66. The zero-order valence-electron chi connectivity index (χ0n) is 9.12. The van der Waals surface area contributed by atoms with Crippen LogP contribution in [0.2, 0.25) is 5.02 Å². The van der Waals surface area contributed by atoms with Gasteiger partial charge in [-0.3, -0.25) is 0 Å². The number of nitrogens with two attached hydrogens (primary N) is 1. The molecule has 1 aliphatic heterocycles. The molecule has 0 bridgehead atoms. The molecule has 0 atom stereocenters. The number of hydrogen-bond donors (Lipinski definition) is 1. The van der Waals surface area contributed by atoms with Gasteiger partial charge in [-0.15, -0.1) is 0 Å². The molecule has 2 rings (SSSR count). The van der Waals surface area contributed by atoms with Gasteiger partial charge in [-0.2, -0.15) is 0 Å². The second-order valence-corrected chi connectivity index (χ2v) is 4.27. The third-order valence-corrected chi connectivity index (χ3v) is 3.02. The zero-order chi connectivity index (χ0) is 11.4. The average Bonchev–Trinajstić information content (AvgIpc) is 2.33. The summed E-state index contributed by atoms with van der Waals surface area (Å²) in [5.41, 5.74) is 6.62. The molecule has 16 heavy (non-hydrogen) atoms.